The van der Waals surface area contributed by atoms with E-state index in [1.807, 2.05) is 6.92 Å². The second-order valence-electron chi connectivity index (χ2n) is 4.52. The molecule has 0 saturated carbocycles. The largest absolute Gasteiger partial charge is 0.326 e. The van der Waals surface area contributed by atoms with E-state index in [0.29, 0.717) is 0 Å². The maximum absolute atomic E-state index is 5.65. The SMILES string of the molecule is CC(N)Cn1cnc(C(C)(C)C)n1. The Morgan fingerprint density at radius 3 is 2.54 bits per heavy atom. The van der Waals surface area contributed by atoms with E-state index in [4.69, 9.17) is 5.73 Å². The Balaban J connectivity index is 2.75. The van der Waals surface area contributed by atoms with Crippen molar-refractivity contribution in [3.05, 3.63) is 12.2 Å². The Morgan fingerprint density at radius 1 is 1.54 bits per heavy atom. The highest BCUT2D eigenvalue weighted by Crippen LogP contribution is 2.16. The minimum Gasteiger partial charge on any atom is -0.326 e. The summed E-state index contributed by atoms with van der Waals surface area (Å²) in [6, 6.07) is 0.120. The van der Waals surface area contributed by atoms with Crippen LogP contribution in [0.2, 0.25) is 0 Å². The molecule has 0 saturated heterocycles. The summed E-state index contributed by atoms with van der Waals surface area (Å²) < 4.78 is 1.80. The predicted octanol–water partition coefficient (Wildman–Crippen LogP) is 0.923. The maximum atomic E-state index is 5.65. The third-order valence-electron chi connectivity index (χ3n) is 1.68. The summed E-state index contributed by atoms with van der Waals surface area (Å²) in [4.78, 5) is 4.24. The number of aromatic nitrogens is 3. The van der Waals surface area contributed by atoms with E-state index in [9.17, 15) is 0 Å². The standard InChI is InChI=1S/C9H18N4/c1-7(10)5-13-6-11-8(12-13)9(2,3)4/h6-7H,5,10H2,1-4H3. The molecule has 74 valence electrons. The molecular formula is C9H18N4. The van der Waals surface area contributed by atoms with E-state index in [0.717, 1.165) is 12.4 Å². The lowest BCUT2D eigenvalue weighted by atomic mass is 9.96. The Kier molecular flexibility index (Phi) is 2.71. The van der Waals surface area contributed by atoms with Crippen molar-refractivity contribution in [2.75, 3.05) is 0 Å². The second kappa shape index (κ2) is 3.46. The minimum atomic E-state index is 0.0170. The molecule has 0 radical (unpaired) electrons. The van der Waals surface area contributed by atoms with Crippen molar-refractivity contribution in [2.24, 2.45) is 5.73 Å². The summed E-state index contributed by atoms with van der Waals surface area (Å²) in [5.74, 6) is 0.869. The maximum Gasteiger partial charge on any atom is 0.155 e. The van der Waals surface area contributed by atoms with Crippen molar-refractivity contribution in [3.8, 4) is 0 Å². The molecule has 4 nitrogen and oxygen atoms in total. The fourth-order valence-corrected chi connectivity index (χ4v) is 1.02. The van der Waals surface area contributed by atoms with Crippen LogP contribution in [0.15, 0.2) is 6.33 Å². The molecule has 0 bridgehead atoms. The summed E-state index contributed by atoms with van der Waals surface area (Å²) in [6.07, 6.45) is 1.74. The van der Waals surface area contributed by atoms with Gasteiger partial charge in [-0.25, -0.2) is 4.98 Å². The van der Waals surface area contributed by atoms with Crippen LogP contribution in [0.3, 0.4) is 0 Å². The Morgan fingerprint density at radius 2 is 2.15 bits per heavy atom. The fourth-order valence-electron chi connectivity index (χ4n) is 1.02. The first kappa shape index (κ1) is 10.2. The van der Waals surface area contributed by atoms with Gasteiger partial charge in [-0.05, 0) is 6.92 Å². The highest BCUT2D eigenvalue weighted by Gasteiger charge is 2.18. The molecule has 1 rings (SSSR count). The molecule has 1 aromatic heterocycles. The van der Waals surface area contributed by atoms with Gasteiger partial charge in [0.15, 0.2) is 5.82 Å². The van der Waals surface area contributed by atoms with Crippen LogP contribution in [-0.4, -0.2) is 20.8 Å². The minimum absolute atomic E-state index is 0.0170. The van der Waals surface area contributed by atoms with Crippen molar-refractivity contribution in [1.82, 2.24) is 14.8 Å². The molecule has 1 heterocycles. The fraction of sp³-hybridized carbons (Fsp3) is 0.778. The monoisotopic (exact) mass is 182 g/mol. The highest BCUT2D eigenvalue weighted by molar-refractivity contribution is 4.98. The first-order valence-corrected chi connectivity index (χ1v) is 4.55. The molecular weight excluding hydrogens is 164 g/mol. The number of hydrogen-bond donors (Lipinski definition) is 1. The highest BCUT2D eigenvalue weighted by atomic mass is 15.3. The van der Waals surface area contributed by atoms with Gasteiger partial charge in [0.05, 0.1) is 6.54 Å². The van der Waals surface area contributed by atoms with Gasteiger partial charge in [0.25, 0.3) is 0 Å². The van der Waals surface area contributed by atoms with Crippen LogP contribution in [-0.2, 0) is 12.0 Å². The van der Waals surface area contributed by atoms with E-state index < -0.39 is 0 Å². The van der Waals surface area contributed by atoms with Crippen LogP contribution in [0.25, 0.3) is 0 Å². The average Bonchev–Trinajstić information content (AvgIpc) is 2.32. The molecule has 2 N–H and O–H groups in total. The van der Waals surface area contributed by atoms with Crippen LogP contribution < -0.4 is 5.73 Å². The molecule has 0 amide bonds. The van der Waals surface area contributed by atoms with E-state index in [1.165, 1.54) is 0 Å². The van der Waals surface area contributed by atoms with Gasteiger partial charge in [-0.15, -0.1) is 0 Å². The molecule has 1 aromatic rings. The van der Waals surface area contributed by atoms with Gasteiger partial charge < -0.3 is 5.73 Å². The number of hydrogen-bond acceptors (Lipinski definition) is 3. The van der Waals surface area contributed by atoms with E-state index >= 15 is 0 Å². The summed E-state index contributed by atoms with van der Waals surface area (Å²) in [7, 11) is 0. The van der Waals surface area contributed by atoms with Crippen molar-refractivity contribution in [3.63, 3.8) is 0 Å². The zero-order valence-corrected chi connectivity index (χ0v) is 8.78. The van der Waals surface area contributed by atoms with Crippen LogP contribution in [0.5, 0.6) is 0 Å². The molecule has 0 aliphatic rings. The van der Waals surface area contributed by atoms with Gasteiger partial charge in [0, 0.05) is 11.5 Å². The van der Waals surface area contributed by atoms with Crippen LogP contribution in [0.4, 0.5) is 0 Å². The van der Waals surface area contributed by atoms with Gasteiger partial charge in [-0.1, -0.05) is 20.8 Å². The number of rotatable bonds is 2. The van der Waals surface area contributed by atoms with Gasteiger partial charge in [-0.2, -0.15) is 5.10 Å². The molecule has 0 aromatic carbocycles. The zero-order valence-electron chi connectivity index (χ0n) is 8.78. The summed E-state index contributed by atoms with van der Waals surface area (Å²) in [5.41, 5.74) is 5.67. The first-order valence-electron chi connectivity index (χ1n) is 4.55. The normalized spacial score (nSPS) is 14.5. The quantitative estimate of drug-likeness (QED) is 0.740. The summed E-state index contributed by atoms with van der Waals surface area (Å²) in [5, 5.41) is 4.35. The molecule has 13 heavy (non-hydrogen) atoms. The number of nitrogens with zero attached hydrogens (tertiary/aromatic N) is 3. The van der Waals surface area contributed by atoms with Gasteiger partial charge >= 0.3 is 0 Å². The average molecular weight is 182 g/mol. The third kappa shape index (κ3) is 2.81. The second-order valence-corrected chi connectivity index (χ2v) is 4.52. The van der Waals surface area contributed by atoms with Crippen molar-refractivity contribution < 1.29 is 0 Å². The first-order chi connectivity index (χ1) is 5.89. The number of nitrogens with two attached hydrogens (primary N) is 1. The lowest BCUT2D eigenvalue weighted by Crippen LogP contribution is -2.23. The summed E-state index contributed by atoms with van der Waals surface area (Å²) in [6.45, 7) is 8.97. The van der Waals surface area contributed by atoms with Crippen LogP contribution >= 0.6 is 0 Å². The lowest BCUT2D eigenvalue weighted by molar-refractivity contribution is 0.500. The molecule has 4 heteroatoms. The van der Waals surface area contributed by atoms with Crippen molar-refractivity contribution >= 4 is 0 Å². The zero-order chi connectivity index (χ0) is 10.1. The van der Waals surface area contributed by atoms with Gasteiger partial charge in [0.2, 0.25) is 0 Å². The Hall–Kier alpha value is -0.900. The third-order valence-corrected chi connectivity index (χ3v) is 1.68. The molecule has 1 atom stereocenters. The van der Waals surface area contributed by atoms with Crippen molar-refractivity contribution in [2.45, 2.75) is 45.7 Å². The van der Waals surface area contributed by atoms with E-state index in [-0.39, 0.29) is 11.5 Å². The predicted molar refractivity (Wildman–Crippen MR) is 52.4 cm³/mol. The van der Waals surface area contributed by atoms with Crippen LogP contribution in [0.1, 0.15) is 33.5 Å². The Bertz CT molecular complexity index is 269. The van der Waals surface area contributed by atoms with Crippen molar-refractivity contribution in [1.29, 1.82) is 0 Å². The smallest absolute Gasteiger partial charge is 0.155 e. The van der Waals surface area contributed by atoms with Gasteiger partial charge in [-0.3, -0.25) is 4.68 Å². The van der Waals surface area contributed by atoms with E-state index in [1.54, 1.807) is 11.0 Å². The molecule has 1 unspecified atom stereocenters. The van der Waals surface area contributed by atoms with E-state index in [2.05, 4.69) is 30.9 Å². The Labute approximate surface area is 79.2 Å². The molecule has 0 aliphatic carbocycles. The molecule has 0 fully saturated rings. The molecule has 0 aliphatic heterocycles. The summed E-state index contributed by atoms with van der Waals surface area (Å²) >= 11 is 0. The lowest BCUT2D eigenvalue weighted by Gasteiger charge is -2.12. The molecule has 0 spiro atoms. The van der Waals surface area contributed by atoms with Gasteiger partial charge in [0.1, 0.15) is 6.33 Å². The topological polar surface area (TPSA) is 56.7 Å². The van der Waals surface area contributed by atoms with Crippen LogP contribution in [0, 0.1) is 0 Å².